The Balaban J connectivity index is 2.04. The number of pyridine rings is 1. The summed E-state index contributed by atoms with van der Waals surface area (Å²) in [5, 5.41) is 10.2. The first-order valence-electron chi connectivity index (χ1n) is 9.26. The number of benzene rings is 1. The van der Waals surface area contributed by atoms with Gasteiger partial charge in [0.1, 0.15) is 27.9 Å². The smallest absolute Gasteiger partial charge is 0.410 e. The Labute approximate surface area is 192 Å². The normalized spacial score (nSPS) is 17.2. The van der Waals surface area contributed by atoms with Crippen LogP contribution < -0.4 is 4.90 Å². The van der Waals surface area contributed by atoms with Gasteiger partial charge in [0.15, 0.2) is 5.82 Å². The van der Waals surface area contributed by atoms with Gasteiger partial charge in [-0.05, 0) is 49.7 Å². The SMILES string of the molecule is CC1CN(c2c(C#N)c(Cl)nc3c(F)c(Br)c(Cl)cc23)CCN1C(=O)OC(C)(C)C. The topological polar surface area (TPSA) is 69.5 Å². The minimum Gasteiger partial charge on any atom is -0.444 e. The fraction of sp³-hybridized carbons (Fsp3) is 0.450. The summed E-state index contributed by atoms with van der Waals surface area (Å²) in [6.45, 7) is 8.50. The molecule has 30 heavy (non-hydrogen) atoms. The first kappa shape index (κ1) is 22.9. The van der Waals surface area contributed by atoms with Gasteiger partial charge in [-0.3, -0.25) is 0 Å². The summed E-state index contributed by atoms with van der Waals surface area (Å²) < 4.78 is 20.4. The van der Waals surface area contributed by atoms with Crippen LogP contribution >= 0.6 is 39.1 Å². The highest BCUT2D eigenvalue weighted by atomic mass is 79.9. The minimum absolute atomic E-state index is 0.0208. The van der Waals surface area contributed by atoms with Gasteiger partial charge >= 0.3 is 6.09 Å². The molecule has 3 rings (SSSR count). The number of aromatic nitrogens is 1. The molecule has 1 saturated heterocycles. The standard InChI is InChI=1S/C20H20BrCl2FN4O2/c1-10-9-27(5-6-28(10)19(29)30-20(2,3)4)17-11-7-13(22)14(21)15(24)16(11)26-18(23)12(17)8-25/h7,10H,5-6,9H2,1-4H3. The average molecular weight is 518 g/mol. The average Bonchev–Trinajstić information content (AvgIpc) is 2.64. The summed E-state index contributed by atoms with van der Waals surface area (Å²) in [6.07, 6.45) is -0.397. The second-order valence-corrected chi connectivity index (χ2v) is 9.65. The quantitative estimate of drug-likeness (QED) is 0.355. The van der Waals surface area contributed by atoms with Crippen molar-refractivity contribution in [2.45, 2.75) is 39.3 Å². The number of nitriles is 1. The van der Waals surface area contributed by atoms with Gasteiger partial charge < -0.3 is 14.5 Å². The van der Waals surface area contributed by atoms with E-state index in [1.54, 1.807) is 11.0 Å². The molecule has 1 fully saturated rings. The number of anilines is 1. The predicted octanol–water partition coefficient (Wildman–Crippen LogP) is 5.76. The Kier molecular flexibility index (Phi) is 6.38. The van der Waals surface area contributed by atoms with Gasteiger partial charge in [-0.2, -0.15) is 5.26 Å². The molecule has 0 bridgehead atoms. The van der Waals surface area contributed by atoms with Gasteiger partial charge in [0.25, 0.3) is 0 Å². The van der Waals surface area contributed by atoms with Gasteiger partial charge in [0.05, 0.1) is 15.2 Å². The number of fused-ring (bicyclic) bond motifs is 1. The van der Waals surface area contributed by atoms with Crippen LogP contribution in [-0.4, -0.2) is 47.3 Å². The summed E-state index contributed by atoms with van der Waals surface area (Å²) in [6, 6.07) is 3.42. The number of carbonyl (C=O) groups is 1. The molecule has 2 heterocycles. The lowest BCUT2D eigenvalue weighted by Gasteiger charge is -2.41. The summed E-state index contributed by atoms with van der Waals surface area (Å²) in [5.41, 5.74) is 0.0159. The number of ether oxygens (including phenoxy) is 1. The highest BCUT2D eigenvalue weighted by Crippen LogP contribution is 2.40. The van der Waals surface area contributed by atoms with Crippen LogP contribution in [0.25, 0.3) is 10.9 Å². The van der Waals surface area contributed by atoms with Crippen molar-refractivity contribution < 1.29 is 13.9 Å². The van der Waals surface area contributed by atoms with Crippen molar-refractivity contribution in [1.29, 1.82) is 5.26 Å². The zero-order valence-electron chi connectivity index (χ0n) is 16.9. The van der Waals surface area contributed by atoms with E-state index in [9.17, 15) is 14.4 Å². The van der Waals surface area contributed by atoms with E-state index in [0.29, 0.717) is 30.7 Å². The van der Waals surface area contributed by atoms with Crippen molar-refractivity contribution in [3.8, 4) is 6.07 Å². The molecule has 1 aromatic carbocycles. The Hall–Kier alpha value is -1.82. The van der Waals surface area contributed by atoms with Gasteiger partial charge in [0, 0.05) is 31.1 Å². The van der Waals surface area contributed by atoms with Gasteiger partial charge in [0.2, 0.25) is 0 Å². The molecule has 160 valence electrons. The zero-order chi connectivity index (χ0) is 22.4. The number of hydrogen-bond donors (Lipinski definition) is 0. The monoisotopic (exact) mass is 516 g/mol. The van der Waals surface area contributed by atoms with E-state index in [1.807, 2.05) is 32.6 Å². The van der Waals surface area contributed by atoms with Crippen molar-refractivity contribution in [1.82, 2.24) is 9.88 Å². The Morgan fingerprint density at radius 1 is 1.40 bits per heavy atom. The van der Waals surface area contributed by atoms with E-state index < -0.39 is 17.5 Å². The summed E-state index contributed by atoms with van der Waals surface area (Å²) in [5.74, 6) is -0.648. The van der Waals surface area contributed by atoms with Gasteiger partial charge in [-0.25, -0.2) is 14.2 Å². The zero-order valence-corrected chi connectivity index (χ0v) is 20.0. The van der Waals surface area contributed by atoms with Crippen molar-refractivity contribution in [2.75, 3.05) is 24.5 Å². The maximum absolute atomic E-state index is 14.8. The van der Waals surface area contributed by atoms with Crippen molar-refractivity contribution in [2.24, 2.45) is 0 Å². The molecule has 0 saturated carbocycles. The third-order valence-corrected chi connectivity index (χ3v) is 6.30. The molecule has 10 heteroatoms. The lowest BCUT2D eigenvalue weighted by molar-refractivity contribution is 0.0159. The fourth-order valence-corrected chi connectivity index (χ4v) is 4.15. The summed E-state index contributed by atoms with van der Waals surface area (Å²) in [4.78, 5) is 20.1. The van der Waals surface area contributed by atoms with E-state index in [1.165, 1.54) is 0 Å². The number of carbonyl (C=O) groups excluding carboxylic acids is 1. The molecular formula is C20H20BrCl2FN4O2. The van der Waals surface area contributed by atoms with Crippen LogP contribution in [0.4, 0.5) is 14.9 Å². The highest BCUT2D eigenvalue weighted by Gasteiger charge is 2.33. The highest BCUT2D eigenvalue weighted by molar-refractivity contribution is 9.10. The molecule has 1 unspecified atom stereocenters. The molecule has 0 aliphatic carbocycles. The van der Waals surface area contributed by atoms with Crippen LogP contribution in [0.2, 0.25) is 10.2 Å². The van der Waals surface area contributed by atoms with Gasteiger partial charge in [-0.1, -0.05) is 23.2 Å². The lowest BCUT2D eigenvalue weighted by atomic mass is 10.1. The number of piperazine rings is 1. The van der Waals surface area contributed by atoms with Crippen LogP contribution in [0, 0.1) is 17.1 Å². The van der Waals surface area contributed by atoms with E-state index in [2.05, 4.69) is 27.0 Å². The fourth-order valence-electron chi connectivity index (χ4n) is 3.44. The second-order valence-electron chi connectivity index (χ2n) is 8.09. The molecule has 1 aliphatic rings. The van der Waals surface area contributed by atoms with Crippen LogP contribution in [0.15, 0.2) is 10.5 Å². The van der Waals surface area contributed by atoms with Crippen LogP contribution in [-0.2, 0) is 4.74 Å². The third-order valence-electron chi connectivity index (χ3n) is 4.73. The lowest BCUT2D eigenvalue weighted by Crippen LogP contribution is -2.55. The van der Waals surface area contributed by atoms with E-state index >= 15 is 0 Å². The summed E-state index contributed by atoms with van der Waals surface area (Å²) in [7, 11) is 0. The van der Waals surface area contributed by atoms with Crippen LogP contribution in [0.3, 0.4) is 0 Å². The Morgan fingerprint density at radius 3 is 2.63 bits per heavy atom. The maximum Gasteiger partial charge on any atom is 0.410 e. The second kappa shape index (κ2) is 8.37. The molecule has 0 spiro atoms. The first-order chi connectivity index (χ1) is 13.9. The van der Waals surface area contributed by atoms with Crippen molar-refractivity contribution in [3.05, 3.63) is 32.1 Å². The number of hydrogen-bond acceptors (Lipinski definition) is 5. The number of rotatable bonds is 1. The minimum atomic E-state index is -0.648. The van der Waals surface area contributed by atoms with E-state index in [0.717, 1.165) is 0 Å². The predicted molar refractivity (Wildman–Crippen MR) is 119 cm³/mol. The van der Waals surface area contributed by atoms with Crippen molar-refractivity contribution >= 4 is 61.8 Å². The molecule has 2 aromatic rings. The van der Waals surface area contributed by atoms with Gasteiger partial charge in [-0.15, -0.1) is 0 Å². The number of nitrogens with zero attached hydrogens (tertiary/aromatic N) is 4. The summed E-state index contributed by atoms with van der Waals surface area (Å²) >= 11 is 15.5. The molecular weight excluding hydrogens is 498 g/mol. The number of halogens is 4. The molecule has 0 N–H and O–H groups in total. The molecule has 1 atom stereocenters. The molecule has 0 radical (unpaired) electrons. The van der Waals surface area contributed by atoms with Crippen LogP contribution in [0.5, 0.6) is 0 Å². The Morgan fingerprint density at radius 2 is 2.07 bits per heavy atom. The molecule has 1 aliphatic heterocycles. The van der Waals surface area contributed by atoms with Crippen molar-refractivity contribution in [3.63, 3.8) is 0 Å². The molecule has 1 aromatic heterocycles. The molecule has 6 nitrogen and oxygen atoms in total. The van der Waals surface area contributed by atoms with Crippen LogP contribution in [0.1, 0.15) is 33.3 Å². The largest absolute Gasteiger partial charge is 0.444 e. The maximum atomic E-state index is 14.8. The Bertz CT molecular complexity index is 1070. The first-order valence-corrected chi connectivity index (χ1v) is 10.8. The molecule has 1 amide bonds. The van der Waals surface area contributed by atoms with E-state index in [-0.39, 0.29) is 31.8 Å². The van der Waals surface area contributed by atoms with E-state index in [4.69, 9.17) is 27.9 Å². The third kappa shape index (κ3) is 4.29. The number of amides is 1.